The Morgan fingerprint density at radius 2 is 2.00 bits per heavy atom. The zero-order valence-electron chi connectivity index (χ0n) is 22.4. The smallest absolute Gasteiger partial charge is 0.324 e. The van der Waals surface area contributed by atoms with Crippen LogP contribution in [-0.2, 0) is 16.7 Å². The highest BCUT2D eigenvalue weighted by Crippen LogP contribution is 2.48. The number of nitrogens with one attached hydrogen (secondary N) is 3. The average Bonchev–Trinajstić information content (AvgIpc) is 3.20. The molecule has 1 aliphatic heterocycles. The maximum Gasteiger partial charge on any atom is 0.345 e. The Bertz CT molecular complexity index is 1310. The number of ether oxygens (including phenoxy) is 1. The van der Waals surface area contributed by atoms with Crippen molar-refractivity contribution in [3.63, 3.8) is 0 Å². The van der Waals surface area contributed by atoms with Crippen molar-refractivity contribution >= 4 is 35.4 Å². The first kappa shape index (κ1) is 27.7. The molecule has 0 radical (unpaired) electrons. The summed E-state index contributed by atoms with van der Waals surface area (Å²) in [6.07, 6.45) is 4.17. The van der Waals surface area contributed by atoms with Gasteiger partial charge in [-0.05, 0) is 81.3 Å². The molecule has 0 spiro atoms. The van der Waals surface area contributed by atoms with Crippen molar-refractivity contribution in [3.8, 4) is 0 Å². The van der Waals surface area contributed by atoms with Crippen molar-refractivity contribution in [3.05, 3.63) is 63.7 Å². The van der Waals surface area contributed by atoms with E-state index in [9.17, 15) is 13.6 Å². The molecule has 5 rings (SSSR count). The van der Waals surface area contributed by atoms with Gasteiger partial charge in [0.05, 0.1) is 24.4 Å². The SMILES string of the molecule is C[C@H](NC1(C)CCC1)c1cc(Cl)c2c(c1)C(=O)N(c1cccc(C3(C(=N)N(C)C=N)CC(OC(F)F)C3)c1)C2. The molecule has 2 aliphatic carbocycles. The predicted octanol–water partition coefficient (Wildman–Crippen LogP) is 6.25. The lowest BCUT2D eigenvalue weighted by Gasteiger charge is -2.49. The number of carbonyl (C=O) groups is 1. The third-order valence-corrected chi connectivity index (χ3v) is 9.03. The quantitative estimate of drug-likeness (QED) is 0.251. The number of likely N-dealkylation sites (N-methyl/N-ethyl adjacent to an activating group) is 1. The van der Waals surface area contributed by atoms with Crippen molar-refractivity contribution in [1.29, 1.82) is 10.8 Å². The molecular formula is C29H34ClF2N5O2. The van der Waals surface area contributed by atoms with Gasteiger partial charge in [0.25, 0.3) is 5.91 Å². The van der Waals surface area contributed by atoms with E-state index >= 15 is 0 Å². The second kappa shape index (κ2) is 10.3. The van der Waals surface area contributed by atoms with Gasteiger partial charge in [-0.15, -0.1) is 0 Å². The van der Waals surface area contributed by atoms with Crippen LogP contribution in [0.15, 0.2) is 36.4 Å². The van der Waals surface area contributed by atoms with Crippen molar-refractivity contribution in [2.45, 2.75) is 82.2 Å². The molecule has 2 aromatic rings. The largest absolute Gasteiger partial charge is 0.345 e. The number of fused-ring (bicyclic) bond motifs is 1. The summed E-state index contributed by atoms with van der Waals surface area (Å²) in [6.45, 7) is 1.74. The molecule has 0 bridgehead atoms. The molecule has 0 unspecified atom stereocenters. The van der Waals surface area contributed by atoms with Gasteiger partial charge in [-0.1, -0.05) is 23.7 Å². The van der Waals surface area contributed by atoms with Gasteiger partial charge in [0.1, 0.15) is 5.84 Å². The minimum atomic E-state index is -2.89. The Hall–Kier alpha value is -2.88. The van der Waals surface area contributed by atoms with Crippen molar-refractivity contribution in [1.82, 2.24) is 10.2 Å². The average molecular weight is 558 g/mol. The Balaban J connectivity index is 1.42. The Morgan fingerprint density at radius 1 is 1.28 bits per heavy atom. The molecule has 2 fully saturated rings. The van der Waals surface area contributed by atoms with Crippen molar-refractivity contribution in [2.75, 3.05) is 11.9 Å². The summed E-state index contributed by atoms with van der Waals surface area (Å²) >= 11 is 6.70. The van der Waals surface area contributed by atoms with E-state index in [0.717, 1.165) is 35.9 Å². The van der Waals surface area contributed by atoms with E-state index in [1.165, 1.54) is 11.3 Å². The minimum Gasteiger partial charge on any atom is -0.324 e. The van der Waals surface area contributed by atoms with Crippen LogP contribution in [-0.4, -0.2) is 48.3 Å². The lowest BCUT2D eigenvalue weighted by atomic mass is 9.61. The zero-order chi connectivity index (χ0) is 28.1. The Morgan fingerprint density at radius 3 is 2.62 bits per heavy atom. The number of amidine groups is 1. The maximum absolute atomic E-state index is 13.6. The number of carbonyl (C=O) groups excluding carboxylic acids is 1. The first-order valence-electron chi connectivity index (χ1n) is 13.2. The van der Waals surface area contributed by atoms with Crippen LogP contribution in [0.5, 0.6) is 0 Å². The molecule has 1 amide bonds. The number of hydrogen-bond donors (Lipinski definition) is 3. The first-order chi connectivity index (χ1) is 18.5. The monoisotopic (exact) mass is 557 g/mol. The molecule has 208 valence electrons. The first-order valence-corrected chi connectivity index (χ1v) is 13.6. The molecule has 3 aliphatic rings. The van der Waals surface area contributed by atoms with Gasteiger partial charge < -0.3 is 19.9 Å². The van der Waals surface area contributed by atoms with Gasteiger partial charge in [-0.3, -0.25) is 15.6 Å². The van der Waals surface area contributed by atoms with E-state index in [2.05, 4.69) is 19.2 Å². The highest BCUT2D eigenvalue weighted by molar-refractivity contribution is 6.32. The molecule has 39 heavy (non-hydrogen) atoms. The van der Waals surface area contributed by atoms with Crippen LogP contribution >= 0.6 is 11.6 Å². The third kappa shape index (κ3) is 4.96. The fraction of sp³-hybridized carbons (Fsp3) is 0.483. The Labute approximate surface area is 232 Å². The molecule has 3 N–H and O–H groups in total. The predicted molar refractivity (Wildman–Crippen MR) is 148 cm³/mol. The second-order valence-corrected chi connectivity index (χ2v) is 11.8. The van der Waals surface area contributed by atoms with E-state index in [1.807, 2.05) is 30.3 Å². The molecule has 2 saturated carbocycles. The number of nitrogens with zero attached hydrogens (tertiary/aromatic N) is 2. The molecule has 2 aromatic carbocycles. The van der Waals surface area contributed by atoms with Gasteiger partial charge >= 0.3 is 6.61 Å². The second-order valence-electron chi connectivity index (χ2n) is 11.3. The molecule has 1 heterocycles. The summed E-state index contributed by atoms with van der Waals surface area (Å²) in [5, 5.41) is 20.6. The number of anilines is 1. The van der Waals surface area contributed by atoms with Gasteiger partial charge in [0.15, 0.2) is 0 Å². The number of halogens is 3. The summed E-state index contributed by atoms with van der Waals surface area (Å²) in [7, 11) is 1.59. The summed E-state index contributed by atoms with van der Waals surface area (Å²) in [6, 6.07) is 11.2. The van der Waals surface area contributed by atoms with Gasteiger partial charge in [-0.2, -0.15) is 8.78 Å². The van der Waals surface area contributed by atoms with E-state index < -0.39 is 18.1 Å². The molecule has 7 nitrogen and oxygen atoms in total. The Kier molecular flexibility index (Phi) is 7.28. The fourth-order valence-electron chi connectivity index (χ4n) is 6.20. The number of alkyl halides is 2. The molecule has 1 atom stereocenters. The fourth-order valence-corrected chi connectivity index (χ4v) is 6.49. The van der Waals surface area contributed by atoms with Crippen LogP contribution in [0.3, 0.4) is 0 Å². The molecular weight excluding hydrogens is 524 g/mol. The maximum atomic E-state index is 13.6. The van der Waals surface area contributed by atoms with E-state index in [4.69, 9.17) is 27.2 Å². The van der Waals surface area contributed by atoms with Gasteiger partial charge in [0, 0.05) is 40.5 Å². The summed E-state index contributed by atoms with van der Waals surface area (Å²) in [5.41, 5.74) is 2.89. The van der Waals surface area contributed by atoms with Crippen LogP contribution in [0.25, 0.3) is 0 Å². The third-order valence-electron chi connectivity index (χ3n) is 8.69. The topological polar surface area (TPSA) is 92.5 Å². The summed E-state index contributed by atoms with van der Waals surface area (Å²) < 4.78 is 30.4. The van der Waals surface area contributed by atoms with Gasteiger partial charge in [0.2, 0.25) is 0 Å². The highest BCUT2D eigenvalue weighted by Gasteiger charge is 2.52. The highest BCUT2D eigenvalue weighted by atomic mass is 35.5. The lowest BCUT2D eigenvalue weighted by molar-refractivity contribution is -0.190. The van der Waals surface area contributed by atoms with Crippen LogP contribution in [0.1, 0.15) is 79.0 Å². The zero-order valence-corrected chi connectivity index (χ0v) is 23.1. The van der Waals surface area contributed by atoms with Crippen LogP contribution in [0.2, 0.25) is 5.02 Å². The lowest BCUT2D eigenvalue weighted by Crippen LogP contribution is -2.56. The molecule has 10 heteroatoms. The van der Waals surface area contributed by atoms with Crippen LogP contribution < -0.4 is 10.2 Å². The number of benzene rings is 2. The van der Waals surface area contributed by atoms with Crippen molar-refractivity contribution in [2.24, 2.45) is 0 Å². The van der Waals surface area contributed by atoms with E-state index in [-0.39, 0.29) is 36.2 Å². The van der Waals surface area contributed by atoms with Crippen LogP contribution in [0.4, 0.5) is 14.5 Å². The molecule has 0 aromatic heterocycles. The number of rotatable bonds is 9. The normalized spacial score (nSPS) is 24.1. The molecule has 0 saturated heterocycles. The van der Waals surface area contributed by atoms with E-state index in [1.54, 1.807) is 18.0 Å². The number of amides is 1. The van der Waals surface area contributed by atoms with Gasteiger partial charge in [-0.25, -0.2) is 0 Å². The van der Waals surface area contributed by atoms with Crippen LogP contribution in [0, 0.1) is 10.8 Å². The van der Waals surface area contributed by atoms with Crippen molar-refractivity contribution < 1.29 is 18.3 Å². The summed E-state index contributed by atoms with van der Waals surface area (Å²) in [4.78, 5) is 16.7. The van der Waals surface area contributed by atoms with E-state index in [0.29, 0.717) is 22.8 Å². The number of hydrogen-bond acceptors (Lipinski definition) is 5. The standard InChI is InChI=1S/C29H34ClF2N5O2/c1-17(35-28(2)8-5-9-28)18-10-22-23(24(30)11-18)15-37(25(22)38)20-7-4-6-19(12-20)29(26(34)36(3)16-33)13-21(14-29)39-27(31)32/h4,6-7,10-12,16-17,21,27,33-35H,5,8-9,13-15H2,1-3H3/t17-,21?,29?/m0/s1. The minimum absolute atomic E-state index is 0.0435. The summed E-state index contributed by atoms with van der Waals surface area (Å²) in [5.74, 6) is -0.0321.